The van der Waals surface area contributed by atoms with Crippen LogP contribution in [0.25, 0.3) is 34.2 Å². The summed E-state index contributed by atoms with van der Waals surface area (Å²) in [4.78, 5) is 11.2. The van der Waals surface area contributed by atoms with E-state index in [1.807, 2.05) is 42.5 Å². The second-order valence-electron chi connectivity index (χ2n) is 9.33. The maximum atomic E-state index is 11.2. The first-order valence-corrected chi connectivity index (χ1v) is 12.7. The number of carboxylic acids is 1. The predicted octanol–water partition coefficient (Wildman–Crippen LogP) is 8.72. The fourth-order valence-electron chi connectivity index (χ4n) is 4.33. The van der Waals surface area contributed by atoms with Crippen molar-refractivity contribution >= 4 is 40.5 Å². The van der Waals surface area contributed by atoms with Crippen molar-refractivity contribution in [1.29, 1.82) is 0 Å². The first-order valence-electron chi connectivity index (χ1n) is 12.3. The van der Waals surface area contributed by atoms with Crippen LogP contribution in [0.2, 0.25) is 5.02 Å². The Balaban J connectivity index is 1.36. The van der Waals surface area contributed by atoms with Crippen LogP contribution in [0, 0.1) is 0 Å². The molecule has 5 nitrogen and oxygen atoms in total. The van der Waals surface area contributed by atoms with Gasteiger partial charge in [0, 0.05) is 11.5 Å². The van der Waals surface area contributed by atoms with Gasteiger partial charge in [0.2, 0.25) is 0 Å². The highest BCUT2D eigenvalue weighted by Gasteiger charge is 2.21. The molecule has 0 aliphatic carbocycles. The summed E-state index contributed by atoms with van der Waals surface area (Å²) in [7, 11) is 0. The van der Waals surface area contributed by atoms with Crippen LogP contribution in [0.1, 0.15) is 52.6 Å². The van der Waals surface area contributed by atoms with Gasteiger partial charge in [-0.1, -0.05) is 91.3 Å². The molecule has 0 bridgehead atoms. The summed E-state index contributed by atoms with van der Waals surface area (Å²) in [5.74, 6) is 0.603. The normalized spacial score (nSPS) is 11.5. The molecule has 0 aliphatic rings. The Morgan fingerprint density at radius 2 is 1.79 bits per heavy atom. The van der Waals surface area contributed by atoms with Crippen molar-refractivity contribution in [1.82, 2.24) is 5.16 Å². The molecule has 0 unspecified atom stereocenters. The Labute approximate surface area is 225 Å². The van der Waals surface area contributed by atoms with Crippen LogP contribution < -0.4 is 4.74 Å². The number of halogens is 1. The number of nitrogens with zero attached hydrogens (tertiary/aromatic N) is 1. The van der Waals surface area contributed by atoms with Gasteiger partial charge in [0.25, 0.3) is 0 Å². The summed E-state index contributed by atoms with van der Waals surface area (Å²) >= 11 is 6.55. The van der Waals surface area contributed by atoms with E-state index in [1.54, 1.807) is 24.3 Å². The van der Waals surface area contributed by atoms with E-state index in [1.165, 1.54) is 5.39 Å². The summed E-state index contributed by atoms with van der Waals surface area (Å²) in [6.45, 7) is 4.42. The molecule has 1 aromatic heterocycles. The average molecular weight is 524 g/mol. The van der Waals surface area contributed by atoms with Gasteiger partial charge in [0.15, 0.2) is 0 Å². The Hall–Kier alpha value is -4.35. The van der Waals surface area contributed by atoms with Crippen molar-refractivity contribution in [3.63, 3.8) is 0 Å². The standard InChI is InChI=1S/C32H26ClNO4/c1-20(2)31-28(30(34-38-31)25-13-12-22-7-3-4-8-24(22)17-25)19-37-27-15-14-23(29(33)18-27)11-10-21-6-5-9-26(16-21)32(35)36/h3-18,20H,19H2,1-2H3,(H,35,36)/b11-10+. The van der Waals surface area contributed by atoms with Gasteiger partial charge in [-0.05, 0) is 58.3 Å². The van der Waals surface area contributed by atoms with Gasteiger partial charge in [-0.3, -0.25) is 0 Å². The second kappa shape index (κ2) is 11.0. The minimum atomic E-state index is -0.961. The zero-order valence-electron chi connectivity index (χ0n) is 21.0. The molecule has 0 fully saturated rings. The molecular weight excluding hydrogens is 498 g/mol. The molecule has 4 aromatic carbocycles. The molecule has 6 heteroatoms. The molecule has 0 amide bonds. The number of rotatable bonds is 8. The van der Waals surface area contributed by atoms with E-state index in [0.717, 1.165) is 39.1 Å². The molecule has 5 aromatic rings. The molecule has 0 spiro atoms. The van der Waals surface area contributed by atoms with Crippen molar-refractivity contribution < 1.29 is 19.2 Å². The third-order valence-electron chi connectivity index (χ3n) is 6.31. The molecule has 0 saturated heterocycles. The summed E-state index contributed by atoms with van der Waals surface area (Å²) in [5.41, 5.74) is 4.46. The quantitative estimate of drug-likeness (QED) is 0.206. The van der Waals surface area contributed by atoms with E-state index < -0.39 is 5.97 Å². The Kier molecular flexibility index (Phi) is 7.29. The SMILES string of the molecule is CC(C)c1onc(-c2ccc3ccccc3c2)c1COc1ccc(/C=C/c2cccc(C(=O)O)c2)c(Cl)c1. The topological polar surface area (TPSA) is 72.6 Å². The van der Waals surface area contributed by atoms with Crippen LogP contribution in [-0.2, 0) is 6.61 Å². The van der Waals surface area contributed by atoms with E-state index >= 15 is 0 Å². The molecule has 1 N–H and O–H groups in total. The van der Waals surface area contributed by atoms with E-state index in [0.29, 0.717) is 10.8 Å². The van der Waals surface area contributed by atoms with Crippen LogP contribution in [-0.4, -0.2) is 16.2 Å². The maximum absolute atomic E-state index is 11.2. The van der Waals surface area contributed by atoms with Crippen LogP contribution in [0.15, 0.2) is 89.5 Å². The zero-order valence-corrected chi connectivity index (χ0v) is 21.8. The fourth-order valence-corrected chi connectivity index (χ4v) is 4.56. The van der Waals surface area contributed by atoms with Crippen molar-refractivity contribution in [3.8, 4) is 17.0 Å². The van der Waals surface area contributed by atoms with Crippen LogP contribution >= 0.6 is 11.6 Å². The molecule has 0 aliphatic heterocycles. The van der Waals surface area contributed by atoms with Crippen molar-refractivity contribution in [2.45, 2.75) is 26.4 Å². The van der Waals surface area contributed by atoms with Crippen molar-refractivity contribution in [3.05, 3.63) is 118 Å². The number of aromatic nitrogens is 1. The minimum Gasteiger partial charge on any atom is -0.489 e. The molecule has 38 heavy (non-hydrogen) atoms. The minimum absolute atomic E-state index is 0.144. The summed E-state index contributed by atoms with van der Waals surface area (Å²) < 4.78 is 11.9. The molecule has 190 valence electrons. The van der Waals surface area contributed by atoms with Gasteiger partial charge in [-0.25, -0.2) is 4.79 Å². The molecule has 0 atom stereocenters. The highest BCUT2D eigenvalue weighted by molar-refractivity contribution is 6.32. The first-order chi connectivity index (χ1) is 18.4. The van der Waals surface area contributed by atoms with Gasteiger partial charge < -0.3 is 14.4 Å². The lowest BCUT2D eigenvalue weighted by molar-refractivity contribution is 0.0697. The van der Waals surface area contributed by atoms with Crippen molar-refractivity contribution in [2.24, 2.45) is 0 Å². The van der Waals surface area contributed by atoms with E-state index in [9.17, 15) is 9.90 Å². The number of fused-ring (bicyclic) bond motifs is 1. The van der Waals surface area contributed by atoms with Crippen LogP contribution in [0.4, 0.5) is 0 Å². The van der Waals surface area contributed by atoms with Gasteiger partial charge in [0.05, 0.1) is 16.1 Å². The zero-order chi connectivity index (χ0) is 26.6. The lowest BCUT2D eigenvalue weighted by Crippen LogP contribution is -2.01. The first kappa shape index (κ1) is 25.3. The Morgan fingerprint density at radius 1 is 0.974 bits per heavy atom. The van der Waals surface area contributed by atoms with Gasteiger partial charge in [0.1, 0.15) is 23.8 Å². The van der Waals surface area contributed by atoms with Crippen LogP contribution in [0.5, 0.6) is 5.75 Å². The highest BCUT2D eigenvalue weighted by Crippen LogP contribution is 2.33. The number of carboxylic acid groups (broad SMARTS) is 1. The number of hydrogen-bond acceptors (Lipinski definition) is 4. The molecule has 0 radical (unpaired) electrons. The summed E-state index contributed by atoms with van der Waals surface area (Å²) in [6.07, 6.45) is 3.68. The van der Waals surface area contributed by atoms with Gasteiger partial charge in [-0.2, -0.15) is 0 Å². The van der Waals surface area contributed by atoms with Gasteiger partial charge >= 0.3 is 5.97 Å². The monoisotopic (exact) mass is 523 g/mol. The van der Waals surface area contributed by atoms with E-state index in [-0.39, 0.29) is 18.1 Å². The predicted molar refractivity (Wildman–Crippen MR) is 152 cm³/mol. The molecule has 1 heterocycles. The highest BCUT2D eigenvalue weighted by atomic mass is 35.5. The van der Waals surface area contributed by atoms with Gasteiger partial charge in [-0.15, -0.1) is 0 Å². The second-order valence-corrected chi connectivity index (χ2v) is 9.73. The smallest absolute Gasteiger partial charge is 0.335 e. The number of ether oxygens (including phenoxy) is 1. The molecule has 0 saturated carbocycles. The summed E-state index contributed by atoms with van der Waals surface area (Å²) in [5, 5.41) is 16.4. The van der Waals surface area contributed by atoms with E-state index in [2.05, 4.69) is 49.3 Å². The van der Waals surface area contributed by atoms with Crippen molar-refractivity contribution in [2.75, 3.05) is 0 Å². The number of carbonyl (C=O) groups is 1. The van der Waals surface area contributed by atoms with E-state index in [4.69, 9.17) is 20.9 Å². The Bertz CT molecular complexity index is 1650. The third-order valence-corrected chi connectivity index (χ3v) is 6.64. The lowest BCUT2D eigenvalue weighted by atomic mass is 9.99. The summed E-state index contributed by atoms with van der Waals surface area (Å²) in [6, 6.07) is 26.7. The number of hydrogen-bond donors (Lipinski definition) is 1. The third kappa shape index (κ3) is 5.48. The Morgan fingerprint density at radius 3 is 2.55 bits per heavy atom. The molecular formula is C32H26ClNO4. The van der Waals surface area contributed by atoms with Crippen LogP contribution in [0.3, 0.4) is 0 Å². The largest absolute Gasteiger partial charge is 0.489 e. The fraction of sp³-hybridized carbons (Fsp3) is 0.125. The molecule has 5 rings (SSSR count). The number of benzene rings is 4. The lowest BCUT2D eigenvalue weighted by Gasteiger charge is -2.11. The number of aromatic carboxylic acids is 1. The average Bonchev–Trinajstić information content (AvgIpc) is 3.35. The maximum Gasteiger partial charge on any atom is 0.335 e.